The third-order valence-electron chi connectivity index (χ3n) is 4.28. The van der Waals surface area contributed by atoms with Crippen LogP contribution < -0.4 is 5.32 Å². The second-order valence-electron chi connectivity index (χ2n) is 6.63. The molecule has 4 rings (SSSR count). The molecule has 2 aromatic heterocycles. The molecule has 3 heterocycles. The van der Waals surface area contributed by atoms with Crippen LogP contribution in [0.1, 0.15) is 42.2 Å². The SMILES string of the molecule is CC(C)c1ccc(C#Cc2cncc3cc(/C=C4\SC(=S)NC4=O)oc23)cc1. The average Bonchev–Trinajstić information content (AvgIpc) is 3.22. The van der Waals surface area contributed by atoms with Crippen molar-refractivity contribution in [2.75, 3.05) is 0 Å². The van der Waals surface area contributed by atoms with Crippen molar-refractivity contribution >= 4 is 51.3 Å². The largest absolute Gasteiger partial charge is 0.455 e. The lowest BCUT2D eigenvalue weighted by Crippen LogP contribution is -2.17. The molecule has 1 aliphatic heterocycles. The first-order valence-electron chi connectivity index (χ1n) is 8.74. The van der Waals surface area contributed by atoms with Gasteiger partial charge in [-0.15, -0.1) is 0 Å². The Morgan fingerprint density at radius 1 is 1.21 bits per heavy atom. The Bertz CT molecular complexity index is 1180. The predicted octanol–water partition coefficient (Wildman–Crippen LogP) is 4.84. The van der Waals surface area contributed by atoms with Gasteiger partial charge in [0.25, 0.3) is 5.91 Å². The quantitative estimate of drug-likeness (QED) is 0.376. The third-order valence-corrected chi connectivity index (χ3v) is 5.44. The molecule has 1 N–H and O–H groups in total. The summed E-state index contributed by atoms with van der Waals surface area (Å²) in [6.45, 7) is 4.33. The molecule has 1 aromatic carbocycles. The second kappa shape index (κ2) is 7.63. The Morgan fingerprint density at radius 2 is 2.00 bits per heavy atom. The summed E-state index contributed by atoms with van der Waals surface area (Å²) in [5, 5.41) is 3.43. The van der Waals surface area contributed by atoms with Crippen LogP contribution in [0.5, 0.6) is 0 Å². The molecular weight excluding hydrogens is 388 g/mol. The first-order valence-corrected chi connectivity index (χ1v) is 9.96. The number of hydrogen-bond donors (Lipinski definition) is 1. The van der Waals surface area contributed by atoms with E-state index < -0.39 is 0 Å². The first-order chi connectivity index (χ1) is 13.5. The van der Waals surface area contributed by atoms with Crippen molar-refractivity contribution in [3.63, 3.8) is 0 Å². The molecule has 1 amide bonds. The van der Waals surface area contributed by atoms with Crippen LogP contribution in [-0.2, 0) is 4.79 Å². The van der Waals surface area contributed by atoms with E-state index in [4.69, 9.17) is 16.6 Å². The van der Waals surface area contributed by atoms with Crippen molar-refractivity contribution in [1.29, 1.82) is 0 Å². The summed E-state index contributed by atoms with van der Waals surface area (Å²) in [6.07, 6.45) is 5.08. The van der Waals surface area contributed by atoms with E-state index in [0.29, 0.717) is 32.1 Å². The van der Waals surface area contributed by atoms with Crippen molar-refractivity contribution in [1.82, 2.24) is 10.3 Å². The lowest BCUT2D eigenvalue weighted by molar-refractivity contribution is -0.115. The number of thiocarbonyl (C=S) groups is 1. The molecule has 0 atom stereocenters. The molecule has 28 heavy (non-hydrogen) atoms. The van der Waals surface area contributed by atoms with Crippen LogP contribution >= 0.6 is 24.0 Å². The standard InChI is InChI=1S/C22H16N2O2S2/c1-13(2)15-6-3-14(4-7-15)5-8-16-11-23-12-17-9-18(26-20(16)17)10-19-21(25)24-22(27)28-19/h3-4,6-7,9-13H,1-2H3,(H,24,25,27)/b19-10-. The highest BCUT2D eigenvalue weighted by Gasteiger charge is 2.22. The second-order valence-corrected chi connectivity index (χ2v) is 8.35. The number of aromatic nitrogens is 1. The van der Waals surface area contributed by atoms with Gasteiger partial charge in [0, 0.05) is 29.4 Å². The molecule has 0 radical (unpaired) electrons. The molecule has 1 aliphatic rings. The van der Waals surface area contributed by atoms with Gasteiger partial charge in [0.2, 0.25) is 0 Å². The lowest BCUT2D eigenvalue weighted by Gasteiger charge is -2.03. The predicted molar refractivity (Wildman–Crippen MR) is 117 cm³/mol. The van der Waals surface area contributed by atoms with Gasteiger partial charge in [0.1, 0.15) is 10.1 Å². The highest BCUT2D eigenvalue weighted by atomic mass is 32.2. The van der Waals surface area contributed by atoms with E-state index in [0.717, 1.165) is 10.9 Å². The summed E-state index contributed by atoms with van der Waals surface area (Å²) < 4.78 is 6.38. The monoisotopic (exact) mass is 404 g/mol. The number of pyridine rings is 1. The third kappa shape index (κ3) is 3.86. The molecule has 1 fully saturated rings. The number of rotatable bonds is 2. The van der Waals surface area contributed by atoms with Gasteiger partial charge in [0.15, 0.2) is 5.58 Å². The zero-order valence-electron chi connectivity index (χ0n) is 15.3. The van der Waals surface area contributed by atoms with Gasteiger partial charge in [-0.05, 0) is 29.7 Å². The van der Waals surface area contributed by atoms with Crippen molar-refractivity contribution in [3.05, 3.63) is 70.1 Å². The van der Waals surface area contributed by atoms with Gasteiger partial charge in [-0.3, -0.25) is 9.78 Å². The van der Waals surface area contributed by atoms with E-state index in [2.05, 4.69) is 48.1 Å². The number of fused-ring (bicyclic) bond motifs is 1. The van der Waals surface area contributed by atoms with E-state index in [1.54, 1.807) is 18.5 Å². The molecule has 6 heteroatoms. The fraction of sp³-hybridized carbons (Fsp3) is 0.136. The van der Waals surface area contributed by atoms with Crippen molar-refractivity contribution in [3.8, 4) is 11.8 Å². The highest BCUT2D eigenvalue weighted by Crippen LogP contribution is 2.29. The van der Waals surface area contributed by atoms with Gasteiger partial charge >= 0.3 is 0 Å². The number of carbonyl (C=O) groups excluding carboxylic acids is 1. The van der Waals surface area contributed by atoms with Crippen molar-refractivity contribution < 1.29 is 9.21 Å². The summed E-state index contributed by atoms with van der Waals surface area (Å²) in [5.74, 6) is 7.15. The number of nitrogens with one attached hydrogen (secondary N) is 1. The number of carbonyl (C=O) groups is 1. The van der Waals surface area contributed by atoms with E-state index in [1.165, 1.54) is 17.3 Å². The lowest BCUT2D eigenvalue weighted by atomic mass is 10.0. The molecule has 138 valence electrons. The molecule has 3 aromatic rings. The molecule has 0 unspecified atom stereocenters. The van der Waals surface area contributed by atoms with Crippen LogP contribution in [-0.4, -0.2) is 15.2 Å². The maximum absolute atomic E-state index is 11.8. The minimum absolute atomic E-state index is 0.210. The molecule has 4 nitrogen and oxygen atoms in total. The van der Waals surface area contributed by atoms with Gasteiger partial charge in [0.05, 0.1) is 10.5 Å². The van der Waals surface area contributed by atoms with Crippen LogP contribution in [0.25, 0.3) is 17.0 Å². The minimum atomic E-state index is -0.210. The van der Waals surface area contributed by atoms with Crippen LogP contribution in [0.15, 0.2) is 52.0 Å². The Kier molecular flexibility index (Phi) is 5.03. The molecule has 0 saturated carbocycles. The summed E-state index contributed by atoms with van der Waals surface area (Å²) in [4.78, 5) is 16.6. The Morgan fingerprint density at radius 3 is 2.68 bits per heavy atom. The van der Waals surface area contributed by atoms with Gasteiger partial charge in [-0.1, -0.05) is 61.8 Å². The number of amides is 1. The number of nitrogens with zero attached hydrogens (tertiary/aromatic N) is 1. The van der Waals surface area contributed by atoms with Crippen LogP contribution in [0.4, 0.5) is 0 Å². The van der Waals surface area contributed by atoms with Crippen LogP contribution in [0.3, 0.4) is 0 Å². The van der Waals surface area contributed by atoms with Crippen molar-refractivity contribution in [2.24, 2.45) is 0 Å². The maximum atomic E-state index is 11.8. The zero-order valence-corrected chi connectivity index (χ0v) is 16.9. The molecular formula is C22H16N2O2S2. The van der Waals surface area contributed by atoms with E-state index in [1.807, 2.05) is 18.2 Å². The summed E-state index contributed by atoms with van der Waals surface area (Å²) in [6, 6.07) is 10.1. The Balaban J connectivity index is 1.66. The van der Waals surface area contributed by atoms with Gasteiger partial charge in [-0.2, -0.15) is 0 Å². The number of thioether (sulfide) groups is 1. The smallest absolute Gasteiger partial charge is 0.263 e. The average molecular weight is 405 g/mol. The zero-order chi connectivity index (χ0) is 19.7. The van der Waals surface area contributed by atoms with Gasteiger partial charge in [-0.25, -0.2) is 0 Å². The molecule has 0 aliphatic carbocycles. The fourth-order valence-corrected chi connectivity index (χ4v) is 3.81. The van der Waals surface area contributed by atoms with E-state index in [-0.39, 0.29) is 5.91 Å². The normalized spacial score (nSPS) is 15.2. The summed E-state index contributed by atoms with van der Waals surface area (Å²) in [5.41, 5.74) is 3.57. The maximum Gasteiger partial charge on any atom is 0.263 e. The summed E-state index contributed by atoms with van der Waals surface area (Å²) in [7, 11) is 0. The fourth-order valence-electron chi connectivity index (χ4n) is 2.78. The molecule has 1 saturated heterocycles. The van der Waals surface area contributed by atoms with E-state index in [9.17, 15) is 4.79 Å². The topological polar surface area (TPSA) is 55.1 Å². The highest BCUT2D eigenvalue weighted by molar-refractivity contribution is 8.26. The number of hydrogen-bond acceptors (Lipinski definition) is 5. The van der Waals surface area contributed by atoms with Gasteiger partial charge < -0.3 is 9.73 Å². The van der Waals surface area contributed by atoms with Crippen molar-refractivity contribution in [2.45, 2.75) is 19.8 Å². The number of benzene rings is 1. The molecule has 0 bridgehead atoms. The first kappa shape index (κ1) is 18.5. The van der Waals surface area contributed by atoms with E-state index >= 15 is 0 Å². The Hall–Kier alpha value is -2.88. The van der Waals surface area contributed by atoms with Crippen LogP contribution in [0, 0.1) is 11.8 Å². The minimum Gasteiger partial charge on any atom is -0.455 e. The number of furan rings is 1. The molecule has 0 spiro atoms. The Labute approximate surface area is 172 Å². The summed E-state index contributed by atoms with van der Waals surface area (Å²) >= 11 is 6.23. The van der Waals surface area contributed by atoms with Crippen LogP contribution in [0.2, 0.25) is 0 Å².